The molecule has 0 aromatic rings. The van der Waals surface area contributed by atoms with Crippen LogP contribution in [0.1, 0.15) is 20.8 Å². The number of hydrogen-bond donors (Lipinski definition) is 1. The first-order valence-electron chi connectivity index (χ1n) is 3.01. The van der Waals surface area contributed by atoms with Crippen molar-refractivity contribution in [3.8, 4) is 0 Å². The molecule has 0 rings (SSSR count). The van der Waals surface area contributed by atoms with Crippen LogP contribution in [0.3, 0.4) is 0 Å². The molecule has 3 nitrogen and oxygen atoms in total. The molecule has 0 aromatic carbocycles. The van der Waals surface area contributed by atoms with Crippen molar-refractivity contribution in [2.24, 2.45) is 5.73 Å². The standard InChI is InChI=1S/C6H11NO2S2/c1-4(8)10-6(3,7)11-5(2)9/h7H2,1-3H3. The Morgan fingerprint density at radius 2 is 1.45 bits per heavy atom. The second-order valence-corrected chi connectivity index (χ2v) is 5.72. The lowest BCUT2D eigenvalue weighted by atomic mass is 10.8. The topological polar surface area (TPSA) is 60.2 Å². The van der Waals surface area contributed by atoms with E-state index in [0.29, 0.717) is 0 Å². The normalized spacial score (nSPS) is 11.3. The average Bonchev–Trinajstić information content (AvgIpc) is 1.53. The van der Waals surface area contributed by atoms with Crippen LogP contribution in [0.4, 0.5) is 0 Å². The minimum Gasteiger partial charge on any atom is -0.308 e. The fourth-order valence-corrected chi connectivity index (χ4v) is 2.60. The van der Waals surface area contributed by atoms with Crippen molar-refractivity contribution in [1.29, 1.82) is 0 Å². The third kappa shape index (κ3) is 6.40. The molecule has 0 atom stereocenters. The fourth-order valence-electron chi connectivity index (χ4n) is 0.592. The van der Waals surface area contributed by atoms with Crippen LogP contribution in [0.2, 0.25) is 0 Å². The number of thioether (sulfide) groups is 2. The fraction of sp³-hybridized carbons (Fsp3) is 0.667. The summed E-state index contributed by atoms with van der Waals surface area (Å²) in [4.78, 5) is 21.2. The number of carbonyl (C=O) groups excluding carboxylic acids is 2. The highest BCUT2D eigenvalue weighted by atomic mass is 32.2. The summed E-state index contributed by atoms with van der Waals surface area (Å²) in [5, 5.41) is -0.160. The van der Waals surface area contributed by atoms with Crippen LogP contribution < -0.4 is 5.73 Å². The van der Waals surface area contributed by atoms with Crippen LogP contribution in [-0.2, 0) is 9.59 Å². The predicted octanol–water partition coefficient (Wildman–Crippen LogP) is 1.18. The molecule has 0 aliphatic heterocycles. The van der Waals surface area contributed by atoms with Gasteiger partial charge in [0.25, 0.3) is 0 Å². The van der Waals surface area contributed by atoms with E-state index in [1.807, 2.05) is 0 Å². The predicted molar refractivity (Wildman–Crippen MR) is 49.1 cm³/mol. The van der Waals surface area contributed by atoms with Gasteiger partial charge in [0.05, 0.1) is 0 Å². The minimum atomic E-state index is -0.822. The Balaban J connectivity index is 3.99. The quantitative estimate of drug-likeness (QED) is 0.667. The SMILES string of the molecule is CC(=O)SC(C)(N)SC(C)=O. The highest BCUT2D eigenvalue weighted by molar-refractivity contribution is 8.30. The van der Waals surface area contributed by atoms with Gasteiger partial charge in [0.2, 0.25) is 0 Å². The zero-order valence-corrected chi connectivity index (χ0v) is 8.34. The smallest absolute Gasteiger partial charge is 0.188 e. The molecule has 0 saturated heterocycles. The maximum Gasteiger partial charge on any atom is 0.188 e. The van der Waals surface area contributed by atoms with Crippen molar-refractivity contribution in [3.05, 3.63) is 0 Å². The van der Waals surface area contributed by atoms with E-state index in [2.05, 4.69) is 0 Å². The molecule has 11 heavy (non-hydrogen) atoms. The largest absolute Gasteiger partial charge is 0.308 e. The molecule has 0 heterocycles. The molecule has 64 valence electrons. The Hall–Kier alpha value is -0.0000000000000000555. The van der Waals surface area contributed by atoms with E-state index in [9.17, 15) is 9.59 Å². The summed E-state index contributed by atoms with van der Waals surface area (Å²) in [5.74, 6) is 0. The Morgan fingerprint density at radius 1 is 1.18 bits per heavy atom. The number of hydrogen-bond acceptors (Lipinski definition) is 5. The molecule has 0 fully saturated rings. The maximum absolute atomic E-state index is 10.6. The lowest BCUT2D eigenvalue weighted by molar-refractivity contribution is -0.109. The van der Waals surface area contributed by atoms with Gasteiger partial charge in [-0.1, -0.05) is 23.5 Å². The average molecular weight is 193 g/mol. The van der Waals surface area contributed by atoms with E-state index < -0.39 is 4.20 Å². The van der Waals surface area contributed by atoms with Crippen molar-refractivity contribution < 1.29 is 9.59 Å². The van der Waals surface area contributed by atoms with E-state index in [0.717, 1.165) is 23.5 Å². The number of carbonyl (C=O) groups is 2. The summed E-state index contributed by atoms with van der Waals surface area (Å²) in [6.45, 7) is 4.50. The second-order valence-electron chi connectivity index (χ2n) is 2.20. The molecule has 2 N–H and O–H groups in total. The molecular formula is C6H11NO2S2. The van der Waals surface area contributed by atoms with Gasteiger partial charge in [0.1, 0.15) is 4.20 Å². The molecule has 0 saturated carbocycles. The second kappa shape index (κ2) is 4.13. The van der Waals surface area contributed by atoms with Gasteiger partial charge in [-0.3, -0.25) is 9.59 Å². The summed E-state index contributed by atoms with van der Waals surface area (Å²) in [6.07, 6.45) is 0. The van der Waals surface area contributed by atoms with Crippen molar-refractivity contribution in [2.75, 3.05) is 0 Å². The molecule has 0 bridgehead atoms. The molecule has 5 heteroatoms. The Bertz CT molecular complexity index is 161. The first-order valence-corrected chi connectivity index (χ1v) is 4.65. The van der Waals surface area contributed by atoms with Gasteiger partial charge in [-0.2, -0.15) is 0 Å². The van der Waals surface area contributed by atoms with Gasteiger partial charge in [-0.15, -0.1) is 0 Å². The van der Waals surface area contributed by atoms with Crippen LogP contribution in [0.25, 0.3) is 0 Å². The highest BCUT2D eigenvalue weighted by Gasteiger charge is 2.24. The Morgan fingerprint density at radius 3 is 1.64 bits per heavy atom. The zero-order valence-electron chi connectivity index (χ0n) is 6.71. The van der Waals surface area contributed by atoms with Crippen molar-refractivity contribution in [1.82, 2.24) is 0 Å². The first kappa shape index (κ1) is 11.0. The summed E-state index contributed by atoms with van der Waals surface area (Å²) in [6, 6.07) is 0. The van der Waals surface area contributed by atoms with Gasteiger partial charge in [-0.25, -0.2) is 0 Å². The number of nitrogens with two attached hydrogens (primary N) is 1. The number of rotatable bonds is 2. The third-order valence-corrected chi connectivity index (χ3v) is 2.58. The van der Waals surface area contributed by atoms with Crippen LogP contribution >= 0.6 is 23.5 Å². The molecule has 0 spiro atoms. The molecular weight excluding hydrogens is 182 g/mol. The third-order valence-electron chi connectivity index (χ3n) is 0.693. The van der Waals surface area contributed by atoms with Gasteiger partial charge < -0.3 is 5.73 Å². The van der Waals surface area contributed by atoms with Crippen LogP contribution in [0.15, 0.2) is 0 Å². The van der Waals surface area contributed by atoms with Crippen LogP contribution in [-0.4, -0.2) is 14.4 Å². The molecule has 0 aliphatic carbocycles. The lowest BCUT2D eigenvalue weighted by Gasteiger charge is -2.18. The minimum absolute atomic E-state index is 0.0799. The van der Waals surface area contributed by atoms with Gasteiger partial charge >= 0.3 is 0 Å². The molecule has 0 aromatic heterocycles. The Kier molecular flexibility index (Phi) is 4.13. The van der Waals surface area contributed by atoms with Crippen molar-refractivity contribution >= 4 is 33.8 Å². The van der Waals surface area contributed by atoms with Gasteiger partial charge in [0.15, 0.2) is 10.2 Å². The van der Waals surface area contributed by atoms with E-state index in [1.54, 1.807) is 6.92 Å². The summed E-state index contributed by atoms with van der Waals surface area (Å²) in [7, 11) is 0. The van der Waals surface area contributed by atoms with Crippen molar-refractivity contribution in [2.45, 2.75) is 25.0 Å². The molecule has 0 radical (unpaired) electrons. The summed E-state index contributed by atoms with van der Waals surface area (Å²) in [5.41, 5.74) is 5.60. The molecule has 0 aliphatic rings. The van der Waals surface area contributed by atoms with Gasteiger partial charge in [0, 0.05) is 13.8 Å². The maximum atomic E-state index is 10.6. The Labute approximate surface area is 74.5 Å². The summed E-state index contributed by atoms with van der Waals surface area (Å²) >= 11 is 1.93. The summed E-state index contributed by atoms with van der Waals surface area (Å²) < 4.78 is -0.822. The van der Waals surface area contributed by atoms with Crippen LogP contribution in [0, 0.1) is 0 Å². The van der Waals surface area contributed by atoms with Gasteiger partial charge in [-0.05, 0) is 6.92 Å². The lowest BCUT2D eigenvalue weighted by Crippen LogP contribution is -2.30. The van der Waals surface area contributed by atoms with E-state index in [4.69, 9.17) is 5.73 Å². The van der Waals surface area contributed by atoms with E-state index in [-0.39, 0.29) is 10.2 Å². The van der Waals surface area contributed by atoms with Crippen LogP contribution in [0.5, 0.6) is 0 Å². The van der Waals surface area contributed by atoms with Crippen molar-refractivity contribution in [3.63, 3.8) is 0 Å². The first-order chi connectivity index (χ1) is 4.83. The van der Waals surface area contributed by atoms with E-state index >= 15 is 0 Å². The highest BCUT2D eigenvalue weighted by Crippen LogP contribution is 2.31. The molecule has 0 unspecified atom stereocenters. The monoisotopic (exact) mass is 193 g/mol. The van der Waals surface area contributed by atoms with E-state index in [1.165, 1.54) is 13.8 Å². The zero-order chi connectivity index (χ0) is 9.07. The molecule has 0 amide bonds.